The van der Waals surface area contributed by atoms with E-state index in [0.717, 1.165) is 29.6 Å². The molecule has 1 saturated heterocycles. The molecule has 2 heterocycles. The number of rotatable bonds is 6. The maximum atomic E-state index is 12.0. The summed E-state index contributed by atoms with van der Waals surface area (Å²) in [7, 11) is 5.78. The minimum absolute atomic E-state index is 0.250. The third-order valence-corrected chi connectivity index (χ3v) is 5.34. The van der Waals surface area contributed by atoms with E-state index in [2.05, 4.69) is 27.3 Å². The number of halogens is 1. The zero-order valence-electron chi connectivity index (χ0n) is 16.8. The second kappa shape index (κ2) is 9.15. The Morgan fingerprint density at radius 3 is 2.68 bits per heavy atom. The lowest BCUT2D eigenvalue weighted by Gasteiger charge is -2.23. The number of aromatic nitrogens is 1. The topological polar surface area (TPSA) is 52.9 Å². The summed E-state index contributed by atoms with van der Waals surface area (Å²) in [6, 6.07) is 10.2. The summed E-state index contributed by atoms with van der Waals surface area (Å²) >= 11 is 6.09. The van der Waals surface area contributed by atoms with E-state index in [0.29, 0.717) is 26.1 Å². The van der Waals surface area contributed by atoms with Gasteiger partial charge in [0.05, 0.1) is 11.6 Å². The van der Waals surface area contributed by atoms with Crippen LogP contribution in [0.3, 0.4) is 0 Å². The maximum Gasteiger partial charge on any atom is 0.222 e. The lowest BCUT2D eigenvalue weighted by Crippen LogP contribution is -2.38. The lowest BCUT2D eigenvalue weighted by molar-refractivity contribution is -0.128. The van der Waals surface area contributed by atoms with Crippen molar-refractivity contribution < 1.29 is 4.79 Å². The van der Waals surface area contributed by atoms with Crippen molar-refractivity contribution in [1.82, 2.24) is 19.7 Å². The first-order valence-corrected chi connectivity index (χ1v) is 9.93. The molecule has 1 aromatic heterocycles. The first-order valence-electron chi connectivity index (χ1n) is 9.55. The van der Waals surface area contributed by atoms with Crippen LogP contribution in [0.1, 0.15) is 29.7 Å². The van der Waals surface area contributed by atoms with Gasteiger partial charge in [0.15, 0.2) is 5.96 Å². The fourth-order valence-corrected chi connectivity index (χ4v) is 3.83. The van der Waals surface area contributed by atoms with Gasteiger partial charge in [-0.05, 0) is 23.6 Å². The highest BCUT2D eigenvalue weighted by Gasteiger charge is 2.21. The number of hydrogen-bond donors (Lipinski definition) is 1. The van der Waals surface area contributed by atoms with Crippen LogP contribution in [0.2, 0.25) is 5.02 Å². The number of aryl methyl sites for hydroxylation is 1. The summed E-state index contributed by atoms with van der Waals surface area (Å²) in [6.45, 7) is 2.88. The van der Waals surface area contributed by atoms with Crippen molar-refractivity contribution >= 4 is 23.5 Å². The van der Waals surface area contributed by atoms with Crippen molar-refractivity contribution in [3.05, 3.63) is 58.4 Å². The van der Waals surface area contributed by atoms with Crippen LogP contribution in [-0.2, 0) is 31.5 Å². The summed E-state index contributed by atoms with van der Waals surface area (Å²) in [5.41, 5.74) is 3.47. The second-order valence-electron chi connectivity index (χ2n) is 7.20. The molecule has 2 aromatic rings. The standard InChI is InChI=1S/C21H28ClN5O/c1-23-21(26(3)15-19-11-18(22)14-25(19)2)24-12-16-7-4-5-8-17(16)13-27-10-6-9-20(27)28/h4-5,7-8,11,14H,6,9-10,12-13,15H2,1-3H3,(H,23,24). The molecule has 1 N–H and O–H groups in total. The number of aliphatic imine (C=N–C) groups is 1. The third-order valence-electron chi connectivity index (χ3n) is 5.13. The maximum absolute atomic E-state index is 12.0. The van der Waals surface area contributed by atoms with Gasteiger partial charge in [0, 0.05) is 59.1 Å². The van der Waals surface area contributed by atoms with Crippen LogP contribution in [0.5, 0.6) is 0 Å². The molecule has 0 unspecified atom stereocenters. The van der Waals surface area contributed by atoms with Crippen LogP contribution in [0.4, 0.5) is 0 Å². The minimum atomic E-state index is 0.250. The number of guanidine groups is 1. The fraction of sp³-hybridized carbons (Fsp3) is 0.429. The molecule has 1 aliphatic heterocycles. The summed E-state index contributed by atoms with van der Waals surface area (Å²) in [6.07, 6.45) is 3.53. The van der Waals surface area contributed by atoms with Gasteiger partial charge in [0.1, 0.15) is 0 Å². The van der Waals surface area contributed by atoms with Crippen molar-refractivity contribution in [3.63, 3.8) is 0 Å². The van der Waals surface area contributed by atoms with Crippen molar-refractivity contribution in [2.75, 3.05) is 20.6 Å². The number of carbonyl (C=O) groups excluding carboxylic acids is 1. The zero-order valence-corrected chi connectivity index (χ0v) is 17.5. The van der Waals surface area contributed by atoms with Crippen LogP contribution >= 0.6 is 11.6 Å². The highest BCUT2D eigenvalue weighted by atomic mass is 35.5. The molecule has 1 amide bonds. The van der Waals surface area contributed by atoms with Crippen LogP contribution in [-0.4, -0.2) is 46.9 Å². The first kappa shape index (κ1) is 20.3. The third kappa shape index (κ3) is 4.87. The van der Waals surface area contributed by atoms with Gasteiger partial charge >= 0.3 is 0 Å². The average Bonchev–Trinajstić information content (AvgIpc) is 3.21. The molecule has 6 nitrogen and oxygen atoms in total. The molecule has 3 rings (SSSR count). The quantitative estimate of drug-likeness (QED) is 0.598. The number of likely N-dealkylation sites (tertiary alicyclic amines) is 1. The molecule has 0 radical (unpaired) electrons. The Kier molecular flexibility index (Phi) is 6.62. The second-order valence-corrected chi connectivity index (χ2v) is 7.64. The van der Waals surface area contributed by atoms with Gasteiger partial charge < -0.3 is 19.7 Å². The van der Waals surface area contributed by atoms with Gasteiger partial charge in [-0.1, -0.05) is 35.9 Å². The normalized spacial score (nSPS) is 14.6. The van der Waals surface area contributed by atoms with Crippen molar-refractivity contribution in [2.24, 2.45) is 12.0 Å². The van der Waals surface area contributed by atoms with E-state index in [4.69, 9.17) is 11.6 Å². The van der Waals surface area contributed by atoms with Crippen molar-refractivity contribution in [1.29, 1.82) is 0 Å². The molecule has 0 aliphatic carbocycles. The molecule has 1 aromatic carbocycles. The number of benzene rings is 1. The number of hydrogen-bond acceptors (Lipinski definition) is 2. The lowest BCUT2D eigenvalue weighted by atomic mass is 10.1. The van der Waals surface area contributed by atoms with E-state index >= 15 is 0 Å². The Hall–Kier alpha value is -2.47. The van der Waals surface area contributed by atoms with Crippen molar-refractivity contribution in [3.8, 4) is 0 Å². The Morgan fingerprint density at radius 1 is 1.32 bits per heavy atom. The van der Waals surface area contributed by atoms with Gasteiger partial charge in [-0.3, -0.25) is 9.79 Å². The molecule has 0 saturated carbocycles. The summed E-state index contributed by atoms with van der Waals surface area (Å²) in [5.74, 6) is 1.06. The molecule has 150 valence electrons. The number of carbonyl (C=O) groups is 1. The van der Waals surface area contributed by atoms with Gasteiger partial charge in [-0.15, -0.1) is 0 Å². The minimum Gasteiger partial charge on any atom is -0.352 e. The van der Waals surface area contributed by atoms with E-state index in [1.807, 2.05) is 48.0 Å². The SMILES string of the molecule is CN=C(NCc1ccccc1CN1CCCC1=O)N(C)Cc1cc(Cl)cn1C. The van der Waals surface area contributed by atoms with E-state index in [-0.39, 0.29) is 5.91 Å². The number of amides is 1. The van der Waals surface area contributed by atoms with E-state index in [1.54, 1.807) is 7.05 Å². The van der Waals surface area contributed by atoms with Gasteiger partial charge in [0.25, 0.3) is 0 Å². The molecule has 0 bridgehead atoms. The first-order chi connectivity index (χ1) is 13.5. The molecule has 28 heavy (non-hydrogen) atoms. The highest BCUT2D eigenvalue weighted by molar-refractivity contribution is 6.30. The number of nitrogens with one attached hydrogen (secondary N) is 1. The Labute approximate surface area is 171 Å². The largest absolute Gasteiger partial charge is 0.352 e. The molecule has 0 spiro atoms. The molecular formula is C21H28ClN5O. The predicted octanol–water partition coefficient (Wildman–Crippen LogP) is 3.01. The van der Waals surface area contributed by atoms with E-state index < -0.39 is 0 Å². The molecule has 7 heteroatoms. The van der Waals surface area contributed by atoms with Crippen molar-refractivity contribution in [2.45, 2.75) is 32.5 Å². The monoisotopic (exact) mass is 401 g/mol. The zero-order chi connectivity index (χ0) is 20.1. The van der Waals surface area contributed by atoms with Crippen LogP contribution in [0.15, 0.2) is 41.5 Å². The van der Waals surface area contributed by atoms with Gasteiger partial charge in [-0.25, -0.2) is 0 Å². The summed E-state index contributed by atoms with van der Waals surface area (Å²) in [4.78, 5) is 20.4. The van der Waals surface area contributed by atoms with E-state index in [1.165, 1.54) is 11.1 Å². The van der Waals surface area contributed by atoms with Gasteiger partial charge in [0.2, 0.25) is 5.91 Å². The fourth-order valence-electron chi connectivity index (χ4n) is 3.56. The molecular weight excluding hydrogens is 374 g/mol. The average molecular weight is 402 g/mol. The predicted molar refractivity (Wildman–Crippen MR) is 113 cm³/mol. The van der Waals surface area contributed by atoms with E-state index in [9.17, 15) is 4.79 Å². The van der Waals surface area contributed by atoms with Crippen LogP contribution in [0, 0.1) is 0 Å². The molecule has 1 fully saturated rings. The number of nitrogens with zero attached hydrogens (tertiary/aromatic N) is 4. The highest BCUT2D eigenvalue weighted by Crippen LogP contribution is 2.18. The van der Waals surface area contributed by atoms with Crippen LogP contribution < -0.4 is 5.32 Å². The van der Waals surface area contributed by atoms with Crippen LogP contribution in [0.25, 0.3) is 0 Å². The smallest absolute Gasteiger partial charge is 0.222 e. The molecule has 0 atom stereocenters. The molecule has 1 aliphatic rings. The van der Waals surface area contributed by atoms with Gasteiger partial charge in [-0.2, -0.15) is 0 Å². The Balaban J connectivity index is 1.63. The Bertz CT molecular complexity index is 860. The summed E-state index contributed by atoms with van der Waals surface area (Å²) < 4.78 is 2.02. The Morgan fingerprint density at radius 2 is 2.07 bits per heavy atom. The summed E-state index contributed by atoms with van der Waals surface area (Å²) in [5, 5.41) is 4.17.